The lowest BCUT2D eigenvalue weighted by Crippen LogP contribution is -2.57. The van der Waals surface area contributed by atoms with Crippen LogP contribution in [0.1, 0.15) is 17.8 Å². The maximum atomic E-state index is 11.9. The van der Waals surface area contributed by atoms with Crippen LogP contribution in [-0.2, 0) is 4.79 Å². The molecule has 0 aromatic carbocycles. The number of nitrogens with one attached hydrogen (secondary N) is 1. The number of carbonyl (C=O) groups excluding carboxylic acids is 1. The second-order valence-electron chi connectivity index (χ2n) is 5.26. The van der Waals surface area contributed by atoms with E-state index in [0.717, 1.165) is 15.9 Å². The fourth-order valence-corrected chi connectivity index (χ4v) is 4.37. The van der Waals surface area contributed by atoms with Gasteiger partial charge in [-0.2, -0.15) is 0 Å². The van der Waals surface area contributed by atoms with Gasteiger partial charge in [0.15, 0.2) is 4.34 Å². The van der Waals surface area contributed by atoms with Gasteiger partial charge >= 0.3 is 0 Å². The van der Waals surface area contributed by atoms with E-state index in [1.165, 1.54) is 49.0 Å². The Labute approximate surface area is 126 Å². The number of rotatable bonds is 4. The molecule has 3 aliphatic rings. The first-order chi connectivity index (χ1) is 9.70. The van der Waals surface area contributed by atoms with Gasteiger partial charge in [0.2, 0.25) is 5.91 Å². The molecule has 1 aromatic rings. The summed E-state index contributed by atoms with van der Waals surface area (Å²) >= 11 is 2.98. The Bertz CT molecular complexity index is 508. The molecule has 5 nitrogen and oxygen atoms in total. The van der Waals surface area contributed by atoms with Crippen molar-refractivity contribution >= 4 is 29.0 Å². The number of nitrogens with zero attached hydrogens (tertiary/aromatic N) is 3. The topological polar surface area (TPSA) is 58.1 Å². The Morgan fingerprint density at radius 1 is 1.45 bits per heavy atom. The monoisotopic (exact) mass is 310 g/mol. The van der Waals surface area contributed by atoms with Gasteiger partial charge in [0.1, 0.15) is 5.01 Å². The van der Waals surface area contributed by atoms with Crippen molar-refractivity contribution in [3.05, 3.63) is 16.5 Å². The minimum Gasteiger partial charge on any atom is -0.348 e. The molecule has 3 aliphatic heterocycles. The van der Waals surface area contributed by atoms with Crippen LogP contribution in [0, 0.1) is 12.8 Å². The van der Waals surface area contributed by atoms with Crippen molar-refractivity contribution in [3.8, 4) is 0 Å². The number of hydrogen-bond acceptors (Lipinski definition) is 6. The summed E-state index contributed by atoms with van der Waals surface area (Å²) in [5.41, 5.74) is 0. The Morgan fingerprint density at radius 3 is 2.85 bits per heavy atom. The van der Waals surface area contributed by atoms with Crippen LogP contribution < -0.4 is 5.32 Å². The van der Waals surface area contributed by atoms with Gasteiger partial charge < -0.3 is 10.2 Å². The lowest BCUT2D eigenvalue weighted by atomic mass is 9.84. The Morgan fingerprint density at radius 2 is 2.25 bits per heavy atom. The van der Waals surface area contributed by atoms with E-state index in [1.54, 1.807) is 11.5 Å². The van der Waals surface area contributed by atoms with Gasteiger partial charge in [-0.3, -0.25) is 4.79 Å². The highest BCUT2D eigenvalue weighted by Gasteiger charge is 2.34. The molecule has 0 radical (unpaired) electrons. The SMILES string of the molecule is Cc1nnc(S/C=C/C(=O)NC2CN3CCC2CC3)s1. The van der Waals surface area contributed by atoms with E-state index < -0.39 is 0 Å². The van der Waals surface area contributed by atoms with Crippen LogP contribution in [0.3, 0.4) is 0 Å². The van der Waals surface area contributed by atoms with E-state index in [2.05, 4.69) is 20.4 Å². The van der Waals surface area contributed by atoms with E-state index in [0.29, 0.717) is 12.0 Å². The van der Waals surface area contributed by atoms with Crippen LogP contribution in [0.4, 0.5) is 0 Å². The van der Waals surface area contributed by atoms with Crippen molar-refractivity contribution in [3.63, 3.8) is 0 Å². The van der Waals surface area contributed by atoms with E-state index in [9.17, 15) is 4.79 Å². The fraction of sp³-hybridized carbons (Fsp3) is 0.615. The first-order valence-electron chi connectivity index (χ1n) is 6.87. The van der Waals surface area contributed by atoms with E-state index in [4.69, 9.17) is 0 Å². The molecule has 2 bridgehead atoms. The second-order valence-corrected chi connectivity index (χ2v) is 7.60. The Balaban J connectivity index is 1.47. The van der Waals surface area contributed by atoms with Crippen molar-refractivity contribution in [2.24, 2.45) is 5.92 Å². The van der Waals surface area contributed by atoms with Crippen LogP contribution in [0.2, 0.25) is 0 Å². The predicted molar refractivity (Wildman–Crippen MR) is 80.7 cm³/mol. The van der Waals surface area contributed by atoms with Crippen molar-refractivity contribution < 1.29 is 4.79 Å². The van der Waals surface area contributed by atoms with Gasteiger partial charge in [-0.1, -0.05) is 23.1 Å². The van der Waals surface area contributed by atoms with Crippen molar-refractivity contribution in [2.45, 2.75) is 30.1 Å². The number of thioether (sulfide) groups is 1. The number of hydrogen-bond donors (Lipinski definition) is 1. The summed E-state index contributed by atoms with van der Waals surface area (Å²) in [5, 5.41) is 13.8. The molecular weight excluding hydrogens is 292 g/mol. The Kier molecular flexibility index (Phi) is 4.38. The molecule has 0 spiro atoms. The first-order valence-corrected chi connectivity index (χ1v) is 8.56. The molecule has 1 aromatic heterocycles. The van der Waals surface area contributed by atoms with Crippen LogP contribution in [0.15, 0.2) is 15.8 Å². The van der Waals surface area contributed by atoms with Crippen LogP contribution >= 0.6 is 23.1 Å². The highest BCUT2D eigenvalue weighted by Crippen LogP contribution is 2.27. The van der Waals surface area contributed by atoms with Crippen LogP contribution in [0.25, 0.3) is 0 Å². The third-order valence-electron chi connectivity index (χ3n) is 3.88. The minimum absolute atomic E-state index is 0.00233. The van der Waals surface area contributed by atoms with Gasteiger partial charge in [-0.25, -0.2) is 0 Å². The Hall–Kier alpha value is -0.920. The number of amides is 1. The zero-order chi connectivity index (χ0) is 13.9. The molecule has 4 rings (SSSR count). The first kappa shape index (κ1) is 14.0. The molecule has 0 saturated carbocycles. The summed E-state index contributed by atoms with van der Waals surface area (Å²) in [6.45, 7) is 5.32. The average Bonchev–Trinajstić information content (AvgIpc) is 2.86. The molecule has 1 N–H and O–H groups in total. The van der Waals surface area contributed by atoms with E-state index in [1.807, 2.05) is 6.92 Å². The molecular formula is C13H18N4OS2. The molecule has 108 valence electrons. The van der Waals surface area contributed by atoms with E-state index >= 15 is 0 Å². The van der Waals surface area contributed by atoms with Crippen molar-refractivity contribution in [1.82, 2.24) is 20.4 Å². The zero-order valence-corrected chi connectivity index (χ0v) is 13.0. The summed E-state index contributed by atoms with van der Waals surface area (Å²) in [6.07, 6.45) is 4.03. The number of piperidine rings is 3. The molecule has 1 atom stereocenters. The number of carbonyl (C=O) groups is 1. The minimum atomic E-state index is -0.00233. The van der Waals surface area contributed by atoms with Gasteiger partial charge in [-0.05, 0) is 44.2 Å². The summed E-state index contributed by atoms with van der Waals surface area (Å²) in [4.78, 5) is 14.4. The predicted octanol–water partition coefficient (Wildman–Crippen LogP) is 1.66. The van der Waals surface area contributed by atoms with E-state index in [-0.39, 0.29) is 5.91 Å². The maximum absolute atomic E-state index is 11.9. The third-order valence-corrected chi connectivity index (χ3v) is 5.61. The standard InChI is InChI=1S/C13H18N4OS2/c1-9-15-16-13(20-9)19-7-4-12(18)14-11-8-17-5-2-10(11)3-6-17/h4,7,10-11H,2-3,5-6,8H2,1H3,(H,14,18)/b7-4+. The smallest absolute Gasteiger partial charge is 0.244 e. The lowest BCUT2D eigenvalue weighted by Gasteiger charge is -2.44. The molecule has 7 heteroatoms. The summed E-state index contributed by atoms with van der Waals surface area (Å²) in [6, 6.07) is 0.323. The zero-order valence-electron chi connectivity index (χ0n) is 11.4. The summed E-state index contributed by atoms with van der Waals surface area (Å²) in [7, 11) is 0. The van der Waals surface area contributed by atoms with Gasteiger partial charge in [-0.15, -0.1) is 10.2 Å². The molecule has 0 aliphatic carbocycles. The fourth-order valence-electron chi connectivity index (χ4n) is 2.84. The lowest BCUT2D eigenvalue weighted by molar-refractivity contribution is -0.118. The molecule has 4 heterocycles. The molecule has 1 amide bonds. The molecule has 3 fully saturated rings. The number of fused-ring (bicyclic) bond motifs is 3. The van der Waals surface area contributed by atoms with Crippen molar-refractivity contribution in [1.29, 1.82) is 0 Å². The summed E-state index contributed by atoms with van der Waals surface area (Å²) < 4.78 is 0.870. The largest absolute Gasteiger partial charge is 0.348 e. The molecule has 20 heavy (non-hydrogen) atoms. The number of aryl methyl sites for hydroxylation is 1. The summed E-state index contributed by atoms with van der Waals surface area (Å²) in [5.74, 6) is 0.660. The average molecular weight is 310 g/mol. The quantitative estimate of drug-likeness (QED) is 0.677. The third kappa shape index (κ3) is 3.39. The van der Waals surface area contributed by atoms with Crippen LogP contribution in [-0.4, -0.2) is 46.7 Å². The van der Waals surface area contributed by atoms with Crippen LogP contribution in [0.5, 0.6) is 0 Å². The van der Waals surface area contributed by atoms with Crippen molar-refractivity contribution in [2.75, 3.05) is 19.6 Å². The van der Waals surface area contributed by atoms with Gasteiger partial charge in [0.05, 0.1) is 0 Å². The van der Waals surface area contributed by atoms with Gasteiger partial charge in [0.25, 0.3) is 0 Å². The molecule has 3 saturated heterocycles. The number of aromatic nitrogens is 2. The van der Waals surface area contributed by atoms with Gasteiger partial charge in [0, 0.05) is 18.7 Å². The maximum Gasteiger partial charge on any atom is 0.244 e. The normalized spacial score (nSPS) is 28.9. The molecule has 1 unspecified atom stereocenters. The second kappa shape index (κ2) is 6.24. The highest BCUT2D eigenvalue weighted by molar-refractivity contribution is 8.03. The highest BCUT2D eigenvalue weighted by atomic mass is 32.2.